The van der Waals surface area contributed by atoms with Crippen LogP contribution in [0, 0.1) is 6.92 Å². The summed E-state index contributed by atoms with van der Waals surface area (Å²) in [5.41, 5.74) is 3.49. The Morgan fingerprint density at radius 2 is 1.90 bits per heavy atom. The Labute approximate surface area is 247 Å². The number of aromatic amines is 1. The molecular formula is C25H23Cl2N13O2. The molecule has 0 aliphatic carbocycles. The van der Waals surface area contributed by atoms with Gasteiger partial charge >= 0.3 is 11.8 Å². The molecule has 1 aliphatic rings. The fourth-order valence-electron chi connectivity index (χ4n) is 4.81. The number of amides is 1. The van der Waals surface area contributed by atoms with E-state index in [1.807, 2.05) is 22.7 Å². The second kappa shape index (κ2) is 10.3. The number of fused-ring (bicyclic) bond motifs is 2. The fourth-order valence-corrected chi connectivity index (χ4v) is 5.13. The second-order valence-corrected chi connectivity index (χ2v) is 10.6. The highest BCUT2D eigenvalue weighted by Gasteiger charge is 2.28. The van der Waals surface area contributed by atoms with Gasteiger partial charge in [-0.1, -0.05) is 23.2 Å². The van der Waals surface area contributed by atoms with E-state index in [0.29, 0.717) is 82.9 Å². The molecule has 1 amide bonds. The van der Waals surface area contributed by atoms with Crippen LogP contribution >= 0.6 is 23.2 Å². The van der Waals surface area contributed by atoms with Gasteiger partial charge in [-0.15, -0.1) is 10.2 Å². The zero-order chi connectivity index (χ0) is 29.0. The largest absolute Gasteiger partial charge is 0.417 e. The summed E-state index contributed by atoms with van der Waals surface area (Å²) in [6.45, 7) is 3.89. The van der Waals surface area contributed by atoms with Gasteiger partial charge in [0.2, 0.25) is 11.8 Å². The maximum Gasteiger partial charge on any atom is 0.311 e. The highest BCUT2D eigenvalue weighted by Crippen LogP contribution is 2.28. The SMILES string of the molecule is Cc1nnc(C(=O)N2CCN(c3nc(NCc4nc5cc(Cl)c(Cl)cc5[nH]4)c4ncn(-c5cnn(C)c5)c4n3)CC2)o1. The molecule has 0 saturated carbocycles. The van der Waals surface area contributed by atoms with Gasteiger partial charge in [-0.05, 0) is 12.1 Å². The van der Waals surface area contributed by atoms with Crippen molar-refractivity contribution < 1.29 is 9.21 Å². The van der Waals surface area contributed by atoms with E-state index in [1.165, 1.54) is 0 Å². The van der Waals surface area contributed by atoms with Crippen molar-refractivity contribution in [1.82, 2.24) is 54.4 Å². The quantitative estimate of drug-likeness (QED) is 0.286. The molecule has 7 rings (SSSR count). The van der Waals surface area contributed by atoms with Crippen LogP contribution in [-0.2, 0) is 13.6 Å². The molecule has 1 aromatic carbocycles. The molecule has 2 N–H and O–H groups in total. The Bertz CT molecular complexity index is 1910. The summed E-state index contributed by atoms with van der Waals surface area (Å²) >= 11 is 12.3. The third kappa shape index (κ3) is 4.75. The van der Waals surface area contributed by atoms with Crippen molar-refractivity contribution in [3.05, 3.63) is 58.5 Å². The van der Waals surface area contributed by atoms with Crippen molar-refractivity contribution in [2.75, 3.05) is 36.4 Å². The molecule has 6 aromatic rings. The summed E-state index contributed by atoms with van der Waals surface area (Å²) in [6.07, 6.45) is 5.31. The third-order valence-corrected chi connectivity index (χ3v) is 7.63. The van der Waals surface area contributed by atoms with Crippen molar-refractivity contribution >= 4 is 63.1 Å². The lowest BCUT2D eigenvalue weighted by molar-refractivity contribution is 0.0704. The molecule has 5 aromatic heterocycles. The number of aromatic nitrogens is 10. The number of hydrogen-bond donors (Lipinski definition) is 2. The van der Waals surface area contributed by atoms with Gasteiger partial charge in [0, 0.05) is 46.3 Å². The number of anilines is 2. The Hall–Kier alpha value is -4.76. The highest BCUT2D eigenvalue weighted by atomic mass is 35.5. The predicted molar refractivity (Wildman–Crippen MR) is 154 cm³/mol. The van der Waals surface area contributed by atoms with Gasteiger partial charge in [0.15, 0.2) is 17.0 Å². The van der Waals surface area contributed by atoms with Gasteiger partial charge in [-0.25, -0.2) is 9.97 Å². The third-order valence-electron chi connectivity index (χ3n) is 6.91. The summed E-state index contributed by atoms with van der Waals surface area (Å²) in [6, 6.07) is 3.47. The van der Waals surface area contributed by atoms with Crippen LogP contribution in [0.1, 0.15) is 22.4 Å². The summed E-state index contributed by atoms with van der Waals surface area (Å²) in [4.78, 5) is 38.7. The number of carbonyl (C=O) groups is 1. The smallest absolute Gasteiger partial charge is 0.311 e. The Morgan fingerprint density at radius 3 is 2.64 bits per heavy atom. The predicted octanol–water partition coefficient (Wildman–Crippen LogP) is 3.00. The average molecular weight is 608 g/mol. The number of piperazine rings is 1. The van der Waals surface area contributed by atoms with E-state index < -0.39 is 0 Å². The van der Waals surface area contributed by atoms with Gasteiger partial charge in [0.1, 0.15) is 12.2 Å². The highest BCUT2D eigenvalue weighted by molar-refractivity contribution is 6.42. The van der Waals surface area contributed by atoms with Crippen LogP contribution in [0.2, 0.25) is 10.0 Å². The Balaban J connectivity index is 1.18. The number of hydrogen-bond acceptors (Lipinski definition) is 11. The van der Waals surface area contributed by atoms with Gasteiger partial charge in [0.25, 0.3) is 0 Å². The van der Waals surface area contributed by atoms with Gasteiger partial charge in [0.05, 0.1) is 39.5 Å². The molecular weight excluding hydrogens is 585 g/mol. The minimum absolute atomic E-state index is 0.0133. The molecule has 42 heavy (non-hydrogen) atoms. The monoisotopic (exact) mass is 607 g/mol. The summed E-state index contributed by atoms with van der Waals surface area (Å²) in [5.74, 6) is 1.75. The number of H-pyrrole nitrogens is 1. The molecule has 17 heteroatoms. The zero-order valence-corrected chi connectivity index (χ0v) is 23.9. The van der Waals surface area contributed by atoms with Crippen molar-refractivity contribution in [2.24, 2.45) is 7.05 Å². The van der Waals surface area contributed by atoms with Crippen LogP contribution in [0.4, 0.5) is 11.8 Å². The van der Waals surface area contributed by atoms with E-state index in [0.717, 1.165) is 11.2 Å². The molecule has 0 spiro atoms. The van der Waals surface area contributed by atoms with E-state index >= 15 is 0 Å². The standard InChI is InChI=1S/C25H23Cl2N13O2/c1-13-35-36-23(42-13)24(41)38-3-5-39(6-4-38)25-33-21(20-22(34-25)40(12-29-20)14-9-30-37(2)11-14)28-10-19-31-17-7-15(26)16(27)8-18(17)32-19/h7-9,11-12H,3-6,10H2,1-2H3,(H,31,32)(H,28,33,34). The average Bonchev–Trinajstić information content (AvgIpc) is 3.78. The summed E-state index contributed by atoms with van der Waals surface area (Å²) in [5, 5.41) is 16.2. The number of halogens is 2. The first-order valence-electron chi connectivity index (χ1n) is 13.0. The fraction of sp³-hybridized carbons (Fsp3) is 0.280. The van der Waals surface area contributed by atoms with E-state index in [2.05, 4.69) is 35.6 Å². The maximum atomic E-state index is 12.8. The van der Waals surface area contributed by atoms with Crippen molar-refractivity contribution in [3.8, 4) is 5.69 Å². The first kappa shape index (κ1) is 26.2. The molecule has 0 bridgehead atoms. The molecule has 1 fully saturated rings. The maximum absolute atomic E-state index is 12.8. The molecule has 1 saturated heterocycles. The van der Waals surface area contributed by atoms with Gasteiger partial charge in [-0.2, -0.15) is 15.1 Å². The van der Waals surface area contributed by atoms with E-state index in [1.54, 1.807) is 41.2 Å². The number of aryl methyl sites for hydroxylation is 2. The van der Waals surface area contributed by atoms with Crippen LogP contribution in [0.3, 0.4) is 0 Å². The molecule has 6 heterocycles. The van der Waals surface area contributed by atoms with E-state index in [-0.39, 0.29) is 11.8 Å². The van der Waals surface area contributed by atoms with Crippen LogP contribution in [0.25, 0.3) is 27.9 Å². The van der Waals surface area contributed by atoms with Crippen LogP contribution in [-0.4, -0.2) is 86.5 Å². The van der Waals surface area contributed by atoms with Crippen molar-refractivity contribution in [3.63, 3.8) is 0 Å². The number of nitrogens with one attached hydrogen (secondary N) is 2. The number of carbonyl (C=O) groups excluding carboxylic acids is 1. The lowest BCUT2D eigenvalue weighted by Gasteiger charge is -2.34. The number of benzene rings is 1. The first-order chi connectivity index (χ1) is 20.3. The minimum atomic E-state index is -0.294. The molecule has 0 unspecified atom stereocenters. The molecule has 214 valence electrons. The summed E-state index contributed by atoms with van der Waals surface area (Å²) < 4.78 is 8.89. The molecule has 0 radical (unpaired) electrons. The Kier molecular flexibility index (Phi) is 6.39. The van der Waals surface area contributed by atoms with Gasteiger partial charge < -0.3 is 24.5 Å². The topological polar surface area (TPSA) is 165 Å². The first-order valence-corrected chi connectivity index (χ1v) is 13.7. The van der Waals surface area contributed by atoms with Crippen LogP contribution in [0.15, 0.2) is 35.3 Å². The zero-order valence-electron chi connectivity index (χ0n) is 22.4. The van der Waals surface area contributed by atoms with Crippen molar-refractivity contribution in [2.45, 2.75) is 13.5 Å². The number of nitrogens with zero attached hydrogens (tertiary/aromatic N) is 11. The second-order valence-electron chi connectivity index (χ2n) is 9.76. The minimum Gasteiger partial charge on any atom is -0.417 e. The van der Waals surface area contributed by atoms with E-state index in [9.17, 15) is 4.79 Å². The summed E-state index contributed by atoms with van der Waals surface area (Å²) in [7, 11) is 1.85. The van der Waals surface area contributed by atoms with Crippen LogP contribution in [0.5, 0.6) is 0 Å². The number of rotatable bonds is 6. The van der Waals surface area contributed by atoms with E-state index in [4.69, 9.17) is 37.6 Å². The normalized spacial score (nSPS) is 13.9. The van der Waals surface area contributed by atoms with Gasteiger partial charge in [-0.3, -0.25) is 14.0 Å². The molecule has 0 atom stereocenters. The Morgan fingerprint density at radius 1 is 1.10 bits per heavy atom. The molecule has 15 nitrogen and oxygen atoms in total. The lowest BCUT2D eigenvalue weighted by atomic mass is 10.3. The van der Waals surface area contributed by atoms with Crippen LogP contribution < -0.4 is 10.2 Å². The molecule has 1 aliphatic heterocycles. The number of imidazole rings is 2. The van der Waals surface area contributed by atoms with Crippen molar-refractivity contribution in [1.29, 1.82) is 0 Å². The lowest BCUT2D eigenvalue weighted by Crippen LogP contribution is -2.49.